The molecule has 0 radical (unpaired) electrons. The molecule has 0 aromatic heterocycles. The SMILES string of the molecule is CC1CCCCN1C(=O)N(c1ccccc1)c1ccccc1. The van der Waals surface area contributed by atoms with E-state index in [9.17, 15) is 4.79 Å². The monoisotopic (exact) mass is 294 g/mol. The van der Waals surface area contributed by atoms with Gasteiger partial charge in [-0.05, 0) is 50.5 Å². The van der Waals surface area contributed by atoms with E-state index in [2.05, 4.69) is 6.92 Å². The number of anilines is 2. The predicted molar refractivity (Wildman–Crippen MR) is 90.4 cm³/mol. The highest BCUT2D eigenvalue weighted by atomic mass is 16.2. The Labute approximate surface area is 132 Å². The van der Waals surface area contributed by atoms with Gasteiger partial charge in [0.15, 0.2) is 0 Å². The molecule has 1 heterocycles. The van der Waals surface area contributed by atoms with Crippen LogP contribution < -0.4 is 4.90 Å². The Balaban J connectivity index is 1.97. The summed E-state index contributed by atoms with van der Waals surface area (Å²) >= 11 is 0. The van der Waals surface area contributed by atoms with Crippen LogP contribution in [0.25, 0.3) is 0 Å². The van der Waals surface area contributed by atoms with Gasteiger partial charge >= 0.3 is 6.03 Å². The molecule has 3 heteroatoms. The van der Waals surface area contributed by atoms with Crippen molar-refractivity contribution < 1.29 is 4.79 Å². The van der Waals surface area contributed by atoms with E-state index < -0.39 is 0 Å². The van der Waals surface area contributed by atoms with Crippen LogP contribution in [0.4, 0.5) is 16.2 Å². The second kappa shape index (κ2) is 6.65. The van der Waals surface area contributed by atoms with Crippen molar-refractivity contribution in [3.63, 3.8) is 0 Å². The fourth-order valence-corrected chi connectivity index (χ4v) is 3.03. The Morgan fingerprint density at radius 2 is 1.50 bits per heavy atom. The van der Waals surface area contributed by atoms with E-state index in [0.717, 1.165) is 30.8 Å². The molecule has 0 aliphatic carbocycles. The Hall–Kier alpha value is -2.29. The summed E-state index contributed by atoms with van der Waals surface area (Å²) < 4.78 is 0. The molecule has 1 aliphatic heterocycles. The zero-order valence-electron chi connectivity index (χ0n) is 13.0. The number of benzene rings is 2. The third kappa shape index (κ3) is 2.98. The molecule has 0 bridgehead atoms. The highest BCUT2D eigenvalue weighted by Gasteiger charge is 2.29. The van der Waals surface area contributed by atoms with Gasteiger partial charge in [-0.2, -0.15) is 0 Å². The van der Waals surface area contributed by atoms with E-state index in [-0.39, 0.29) is 6.03 Å². The summed E-state index contributed by atoms with van der Waals surface area (Å²) in [5.41, 5.74) is 1.83. The summed E-state index contributed by atoms with van der Waals surface area (Å²) in [4.78, 5) is 17.0. The van der Waals surface area contributed by atoms with Crippen LogP contribution in [0.1, 0.15) is 26.2 Å². The topological polar surface area (TPSA) is 23.6 Å². The molecule has 114 valence electrons. The average molecular weight is 294 g/mol. The van der Waals surface area contributed by atoms with Gasteiger partial charge in [-0.3, -0.25) is 4.90 Å². The molecule has 1 aliphatic rings. The Morgan fingerprint density at radius 1 is 0.955 bits per heavy atom. The summed E-state index contributed by atoms with van der Waals surface area (Å²) in [6.07, 6.45) is 3.39. The van der Waals surface area contributed by atoms with E-state index >= 15 is 0 Å². The molecular formula is C19H22N2O. The maximum absolute atomic E-state index is 13.2. The molecule has 1 unspecified atom stereocenters. The van der Waals surface area contributed by atoms with Crippen molar-refractivity contribution >= 4 is 17.4 Å². The van der Waals surface area contributed by atoms with Gasteiger partial charge in [-0.1, -0.05) is 36.4 Å². The van der Waals surface area contributed by atoms with Crippen LogP contribution in [0, 0.1) is 0 Å². The summed E-state index contributed by atoms with van der Waals surface area (Å²) in [6, 6.07) is 20.1. The van der Waals surface area contributed by atoms with Gasteiger partial charge in [0, 0.05) is 12.6 Å². The van der Waals surface area contributed by atoms with E-state index in [0.29, 0.717) is 6.04 Å². The van der Waals surface area contributed by atoms with Crippen LogP contribution in [0.3, 0.4) is 0 Å². The number of carbonyl (C=O) groups excluding carboxylic acids is 1. The fourth-order valence-electron chi connectivity index (χ4n) is 3.03. The van der Waals surface area contributed by atoms with Crippen molar-refractivity contribution in [1.29, 1.82) is 0 Å². The molecular weight excluding hydrogens is 272 g/mol. The third-order valence-corrected chi connectivity index (χ3v) is 4.27. The van der Waals surface area contributed by atoms with Gasteiger partial charge in [-0.15, -0.1) is 0 Å². The zero-order chi connectivity index (χ0) is 15.4. The summed E-state index contributed by atoms with van der Waals surface area (Å²) in [5, 5.41) is 0. The van der Waals surface area contributed by atoms with Gasteiger partial charge < -0.3 is 4.90 Å². The number of carbonyl (C=O) groups is 1. The van der Waals surface area contributed by atoms with Crippen molar-refractivity contribution in [1.82, 2.24) is 4.90 Å². The minimum absolute atomic E-state index is 0.0737. The van der Waals surface area contributed by atoms with Gasteiger partial charge in [0.2, 0.25) is 0 Å². The van der Waals surface area contributed by atoms with Gasteiger partial charge in [-0.25, -0.2) is 4.79 Å². The Morgan fingerprint density at radius 3 is 2.00 bits per heavy atom. The van der Waals surface area contributed by atoms with Gasteiger partial charge in [0.25, 0.3) is 0 Å². The zero-order valence-corrected chi connectivity index (χ0v) is 13.0. The smallest absolute Gasteiger partial charge is 0.321 e. The number of para-hydroxylation sites is 2. The first kappa shape index (κ1) is 14.6. The quantitative estimate of drug-likeness (QED) is 0.779. The van der Waals surface area contributed by atoms with Crippen molar-refractivity contribution in [3.8, 4) is 0 Å². The Bertz CT molecular complexity index is 572. The largest absolute Gasteiger partial charge is 0.329 e. The van der Waals surface area contributed by atoms with Crippen LogP contribution >= 0.6 is 0 Å². The molecule has 0 saturated carbocycles. The first-order valence-corrected chi connectivity index (χ1v) is 7.98. The van der Waals surface area contributed by atoms with Crippen molar-refractivity contribution in [2.75, 3.05) is 11.4 Å². The molecule has 1 saturated heterocycles. The molecule has 22 heavy (non-hydrogen) atoms. The van der Waals surface area contributed by atoms with Crippen LogP contribution in [0.5, 0.6) is 0 Å². The van der Waals surface area contributed by atoms with Crippen LogP contribution in [-0.4, -0.2) is 23.5 Å². The molecule has 3 nitrogen and oxygen atoms in total. The first-order valence-electron chi connectivity index (χ1n) is 7.98. The number of piperidine rings is 1. The number of likely N-dealkylation sites (tertiary alicyclic amines) is 1. The second-order valence-corrected chi connectivity index (χ2v) is 5.83. The molecule has 0 spiro atoms. The van der Waals surface area contributed by atoms with E-state index in [1.807, 2.05) is 70.5 Å². The third-order valence-electron chi connectivity index (χ3n) is 4.27. The van der Waals surface area contributed by atoms with Gasteiger partial charge in [0.1, 0.15) is 0 Å². The van der Waals surface area contributed by atoms with E-state index in [1.54, 1.807) is 0 Å². The van der Waals surface area contributed by atoms with Crippen molar-refractivity contribution in [2.45, 2.75) is 32.2 Å². The summed E-state index contributed by atoms with van der Waals surface area (Å²) in [5.74, 6) is 0. The molecule has 2 aromatic carbocycles. The van der Waals surface area contributed by atoms with Gasteiger partial charge in [0.05, 0.1) is 11.4 Å². The molecule has 2 aromatic rings. The van der Waals surface area contributed by atoms with Crippen molar-refractivity contribution in [2.24, 2.45) is 0 Å². The first-order chi connectivity index (χ1) is 10.8. The minimum Gasteiger partial charge on any atom is -0.321 e. The highest BCUT2D eigenvalue weighted by molar-refractivity contribution is 5.99. The molecule has 2 amide bonds. The normalized spacial score (nSPS) is 18.0. The lowest BCUT2D eigenvalue weighted by molar-refractivity contribution is 0.166. The lowest BCUT2D eigenvalue weighted by Gasteiger charge is -2.37. The maximum atomic E-state index is 13.2. The molecule has 0 N–H and O–H groups in total. The van der Waals surface area contributed by atoms with Crippen molar-refractivity contribution in [3.05, 3.63) is 60.7 Å². The highest BCUT2D eigenvalue weighted by Crippen LogP contribution is 2.28. The lowest BCUT2D eigenvalue weighted by atomic mass is 10.0. The molecule has 3 rings (SSSR count). The summed E-state index contributed by atoms with van der Waals surface area (Å²) in [6.45, 7) is 2.99. The Kier molecular flexibility index (Phi) is 4.42. The number of urea groups is 1. The van der Waals surface area contributed by atoms with E-state index in [1.165, 1.54) is 6.42 Å². The maximum Gasteiger partial charge on any atom is 0.329 e. The summed E-state index contributed by atoms with van der Waals surface area (Å²) in [7, 11) is 0. The average Bonchev–Trinajstić information content (AvgIpc) is 2.57. The number of rotatable bonds is 2. The lowest BCUT2D eigenvalue weighted by Crippen LogP contribution is -2.48. The van der Waals surface area contributed by atoms with Crippen LogP contribution in [0.15, 0.2) is 60.7 Å². The fraction of sp³-hybridized carbons (Fsp3) is 0.316. The molecule has 1 fully saturated rings. The minimum atomic E-state index is 0.0737. The van der Waals surface area contributed by atoms with Crippen LogP contribution in [0.2, 0.25) is 0 Å². The van der Waals surface area contributed by atoms with E-state index in [4.69, 9.17) is 0 Å². The molecule has 1 atom stereocenters. The second-order valence-electron chi connectivity index (χ2n) is 5.83. The van der Waals surface area contributed by atoms with Crippen LogP contribution in [-0.2, 0) is 0 Å². The number of amides is 2. The predicted octanol–water partition coefficient (Wildman–Crippen LogP) is 4.82. The number of hydrogen-bond acceptors (Lipinski definition) is 1. The number of nitrogens with zero attached hydrogens (tertiary/aromatic N) is 2. The number of hydrogen-bond donors (Lipinski definition) is 0. The standard InChI is InChI=1S/C19H22N2O/c1-16-10-8-9-15-20(16)19(22)21(17-11-4-2-5-12-17)18-13-6-3-7-14-18/h2-7,11-14,16H,8-10,15H2,1H3.